The predicted octanol–water partition coefficient (Wildman–Crippen LogP) is 5.16. The third kappa shape index (κ3) is 3.89. The number of benzene rings is 1. The molecule has 1 unspecified atom stereocenters. The average molecular weight is 370 g/mol. The van der Waals surface area contributed by atoms with E-state index in [0.29, 0.717) is 11.1 Å². The van der Waals surface area contributed by atoms with Crippen LogP contribution >= 0.6 is 0 Å². The van der Waals surface area contributed by atoms with Gasteiger partial charge in [-0.1, -0.05) is 47.6 Å². The molecule has 26 heavy (non-hydrogen) atoms. The first-order valence-corrected chi connectivity index (χ1v) is 8.38. The maximum absolute atomic E-state index is 13.5. The smallest absolute Gasteiger partial charge is 0.430 e. The highest BCUT2D eigenvalue weighted by molar-refractivity contribution is 5.96. The third-order valence-corrected chi connectivity index (χ3v) is 4.34. The second-order valence-electron chi connectivity index (χ2n) is 8.57. The molecule has 0 saturated heterocycles. The van der Waals surface area contributed by atoms with Gasteiger partial charge in [0.05, 0.1) is 12.7 Å². The van der Waals surface area contributed by atoms with Gasteiger partial charge in [-0.2, -0.15) is 13.2 Å². The van der Waals surface area contributed by atoms with Crippen molar-refractivity contribution in [1.29, 1.82) is 0 Å². The van der Waals surface area contributed by atoms with E-state index in [1.165, 1.54) is 6.08 Å². The largest absolute Gasteiger partial charge is 0.475 e. The zero-order valence-corrected chi connectivity index (χ0v) is 16.2. The van der Waals surface area contributed by atoms with Crippen LogP contribution in [0.15, 0.2) is 17.7 Å². The van der Waals surface area contributed by atoms with E-state index in [1.807, 2.05) is 47.6 Å². The van der Waals surface area contributed by atoms with Crippen LogP contribution in [0.5, 0.6) is 5.75 Å². The van der Waals surface area contributed by atoms with Crippen molar-refractivity contribution in [2.75, 3.05) is 7.11 Å². The number of hydrogen-bond acceptors (Lipinski definition) is 3. The standard InChI is InChI=1S/C20H25F3O3/c1-18(2,3)12-8-11-9-13(17(24)25-7)16(20(21,22)23)26-15(11)14(10-12)19(4,5)6/h8-10,16H,1-7H3. The predicted molar refractivity (Wildman–Crippen MR) is 94.3 cm³/mol. The van der Waals surface area contributed by atoms with E-state index in [9.17, 15) is 18.0 Å². The molecule has 1 aromatic carbocycles. The molecule has 144 valence electrons. The van der Waals surface area contributed by atoms with Gasteiger partial charge >= 0.3 is 12.1 Å². The second-order valence-corrected chi connectivity index (χ2v) is 8.57. The lowest BCUT2D eigenvalue weighted by Gasteiger charge is -2.34. The monoisotopic (exact) mass is 370 g/mol. The molecule has 1 aliphatic heterocycles. The molecule has 1 aliphatic rings. The van der Waals surface area contributed by atoms with E-state index in [0.717, 1.165) is 12.7 Å². The minimum Gasteiger partial charge on any atom is -0.475 e. The summed E-state index contributed by atoms with van der Waals surface area (Å²) >= 11 is 0. The molecule has 1 atom stereocenters. The Hall–Kier alpha value is -1.98. The molecule has 3 nitrogen and oxygen atoms in total. The van der Waals surface area contributed by atoms with E-state index < -0.39 is 29.2 Å². The average Bonchev–Trinajstić information content (AvgIpc) is 2.48. The molecule has 0 N–H and O–H groups in total. The quantitative estimate of drug-likeness (QED) is 0.641. The maximum atomic E-state index is 13.5. The van der Waals surface area contributed by atoms with Crippen LogP contribution < -0.4 is 4.74 Å². The Morgan fingerprint density at radius 2 is 1.62 bits per heavy atom. The zero-order valence-electron chi connectivity index (χ0n) is 16.2. The molecule has 0 amide bonds. The fourth-order valence-corrected chi connectivity index (χ4v) is 2.83. The Morgan fingerprint density at radius 3 is 2.04 bits per heavy atom. The molecular weight excluding hydrogens is 345 g/mol. The minimum absolute atomic E-state index is 0.167. The summed E-state index contributed by atoms with van der Waals surface area (Å²) in [6.07, 6.45) is -5.83. The lowest BCUT2D eigenvalue weighted by Crippen LogP contribution is -2.41. The summed E-state index contributed by atoms with van der Waals surface area (Å²) < 4.78 is 50.4. The number of methoxy groups -OCH3 is 1. The van der Waals surface area contributed by atoms with Crippen LogP contribution in [0.4, 0.5) is 13.2 Å². The Kier molecular flexibility index (Phi) is 4.94. The first kappa shape index (κ1) is 20.3. The number of rotatable bonds is 1. The highest BCUT2D eigenvalue weighted by atomic mass is 19.4. The highest BCUT2D eigenvalue weighted by Crippen LogP contribution is 2.44. The fraction of sp³-hybridized carbons (Fsp3) is 0.550. The van der Waals surface area contributed by atoms with E-state index in [2.05, 4.69) is 4.74 Å². The molecule has 1 heterocycles. The number of carbonyl (C=O) groups is 1. The van der Waals surface area contributed by atoms with Crippen molar-refractivity contribution < 1.29 is 27.4 Å². The number of hydrogen-bond donors (Lipinski definition) is 0. The van der Waals surface area contributed by atoms with Crippen molar-refractivity contribution in [3.63, 3.8) is 0 Å². The molecule has 0 spiro atoms. The number of halogens is 3. The molecule has 2 rings (SSSR count). The molecule has 0 saturated carbocycles. The van der Waals surface area contributed by atoms with Crippen molar-refractivity contribution in [1.82, 2.24) is 0 Å². The molecule has 0 radical (unpaired) electrons. The van der Waals surface area contributed by atoms with Crippen LogP contribution in [0.2, 0.25) is 0 Å². The van der Waals surface area contributed by atoms with Crippen molar-refractivity contribution in [3.8, 4) is 5.75 Å². The van der Waals surface area contributed by atoms with Gasteiger partial charge in [0, 0.05) is 11.1 Å². The molecule has 0 bridgehead atoms. The van der Waals surface area contributed by atoms with E-state index >= 15 is 0 Å². The Bertz CT molecular complexity index is 747. The van der Waals surface area contributed by atoms with Crippen molar-refractivity contribution in [2.45, 2.75) is 64.7 Å². The Labute approximate surface area is 152 Å². The van der Waals surface area contributed by atoms with E-state index in [-0.39, 0.29) is 11.2 Å². The van der Waals surface area contributed by atoms with Gasteiger partial charge in [0.25, 0.3) is 0 Å². The summed E-state index contributed by atoms with van der Waals surface area (Å²) in [5.41, 5.74) is 0.902. The molecule has 6 heteroatoms. The van der Waals surface area contributed by atoms with Crippen LogP contribution in [0, 0.1) is 0 Å². The lowest BCUT2D eigenvalue weighted by molar-refractivity contribution is -0.187. The van der Waals surface area contributed by atoms with Crippen LogP contribution in [-0.4, -0.2) is 25.4 Å². The molecule has 0 aromatic heterocycles. The van der Waals surface area contributed by atoms with Gasteiger partial charge in [0.15, 0.2) is 0 Å². The van der Waals surface area contributed by atoms with Crippen molar-refractivity contribution >= 4 is 12.0 Å². The molecular formula is C20H25F3O3. The van der Waals surface area contributed by atoms with Gasteiger partial charge in [0.2, 0.25) is 6.10 Å². The fourth-order valence-electron chi connectivity index (χ4n) is 2.83. The minimum atomic E-state index is -4.73. The van der Waals surface area contributed by atoms with Crippen LogP contribution in [0.25, 0.3) is 6.08 Å². The summed E-state index contributed by atoms with van der Waals surface area (Å²) in [5, 5.41) is 0. The summed E-state index contributed by atoms with van der Waals surface area (Å²) in [6.45, 7) is 11.8. The van der Waals surface area contributed by atoms with Gasteiger partial charge in [-0.05, 0) is 28.5 Å². The van der Waals surface area contributed by atoms with Gasteiger partial charge < -0.3 is 9.47 Å². The summed E-state index contributed by atoms with van der Waals surface area (Å²) in [4.78, 5) is 11.9. The number of fused-ring (bicyclic) bond motifs is 1. The van der Waals surface area contributed by atoms with Crippen LogP contribution in [0.3, 0.4) is 0 Å². The summed E-state index contributed by atoms with van der Waals surface area (Å²) in [6, 6.07) is 3.67. The van der Waals surface area contributed by atoms with E-state index in [4.69, 9.17) is 4.74 Å². The zero-order chi connectivity index (χ0) is 20.1. The maximum Gasteiger partial charge on any atom is 0.430 e. The van der Waals surface area contributed by atoms with Crippen molar-refractivity contribution in [3.05, 3.63) is 34.4 Å². The van der Waals surface area contributed by atoms with Gasteiger partial charge in [-0.25, -0.2) is 4.79 Å². The Morgan fingerprint density at radius 1 is 1.04 bits per heavy atom. The van der Waals surface area contributed by atoms with Gasteiger partial charge in [-0.15, -0.1) is 0 Å². The second kappa shape index (κ2) is 6.32. The van der Waals surface area contributed by atoms with Gasteiger partial charge in [-0.3, -0.25) is 0 Å². The number of alkyl halides is 3. The van der Waals surface area contributed by atoms with Crippen LogP contribution in [0.1, 0.15) is 58.2 Å². The van der Waals surface area contributed by atoms with E-state index in [1.54, 1.807) is 6.07 Å². The normalized spacial score (nSPS) is 17.9. The lowest BCUT2D eigenvalue weighted by atomic mass is 9.78. The SMILES string of the molecule is COC(=O)C1=Cc2cc(C(C)(C)C)cc(C(C)(C)C)c2OC1C(F)(F)F. The molecule has 0 fully saturated rings. The molecule has 0 aliphatic carbocycles. The summed E-state index contributed by atoms with van der Waals surface area (Å²) in [7, 11) is 1.05. The first-order valence-electron chi connectivity index (χ1n) is 8.38. The number of esters is 1. The highest BCUT2D eigenvalue weighted by Gasteiger charge is 2.49. The topological polar surface area (TPSA) is 35.5 Å². The number of ether oxygens (including phenoxy) is 2. The van der Waals surface area contributed by atoms with Crippen LogP contribution in [-0.2, 0) is 20.4 Å². The van der Waals surface area contributed by atoms with Crippen molar-refractivity contribution in [2.24, 2.45) is 0 Å². The van der Waals surface area contributed by atoms with Gasteiger partial charge in [0.1, 0.15) is 5.75 Å². The third-order valence-electron chi connectivity index (χ3n) is 4.34. The first-order chi connectivity index (χ1) is 11.7. The Balaban J connectivity index is 2.79. The number of carbonyl (C=O) groups excluding carboxylic acids is 1. The summed E-state index contributed by atoms with van der Waals surface area (Å²) in [5.74, 6) is -0.878. The molecule has 1 aromatic rings.